The molecule has 14 nitrogen and oxygen atoms in total. The van der Waals surface area contributed by atoms with E-state index in [1.165, 1.54) is 12.1 Å². The number of carbonyl (C=O) groups is 3. The SMILES string of the molecule is C=C1C(=O)OC2[C@H]1CC[C@]1(C)C(OC(=O)C(Cc3ccc(O)cc3)OC(=O)CC(O)CC)CC[C@@H](CO[C@@H]3O[C@H](CO)[C@@H](O)[C@H](O)[C@H]3O)[C@H]21. The number of aliphatic hydroxyl groups excluding tert-OH is 5. The number of hydrogen-bond donors (Lipinski definition) is 6. The number of esters is 3. The fourth-order valence-corrected chi connectivity index (χ4v) is 7.94. The molecule has 1 aromatic carbocycles. The molecule has 2 aliphatic heterocycles. The van der Waals surface area contributed by atoms with Gasteiger partial charge in [0.15, 0.2) is 6.29 Å². The normalized spacial score (nSPS) is 37.0. The number of carbonyl (C=O) groups excluding carboxylic acids is 3. The van der Waals surface area contributed by atoms with Crippen molar-refractivity contribution < 1.29 is 68.7 Å². The van der Waals surface area contributed by atoms with Gasteiger partial charge < -0.3 is 54.3 Å². The van der Waals surface area contributed by atoms with Crippen LogP contribution in [0.25, 0.3) is 0 Å². The Morgan fingerprint density at radius 3 is 2.47 bits per heavy atom. The molecular formula is C35H48O14. The molecule has 2 saturated heterocycles. The van der Waals surface area contributed by atoms with Crippen LogP contribution in [-0.4, -0.2) is 117 Å². The first kappa shape index (κ1) is 37.2. The van der Waals surface area contributed by atoms with Gasteiger partial charge in [-0.15, -0.1) is 0 Å². The van der Waals surface area contributed by atoms with Gasteiger partial charge in [0.25, 0.3) is 0 Å². The molecule has 0 spiro atoms. The van der Waals surface area contributed by atoms with Gasteiger partial charge in [0.2, 0.25) is 6.10 Å². The molecule has 49 heavy (non-hydrogen) atoms. The van der Waals surface area contributed by atoms with Crippen molar-refractivity contribution in [1.82, 2.24) is 0 Å². The van der Waals surface area contributed by atoms with Crippen LogP contribution < -0.4 is 0 Å². The maximum Gasteiger partial charge on any atom is 0.348 e. The maximum atomic E-state index is 13.8. The topological polar surface area (TPSA) is 219 Å². The van der Waals surface area contributed by atoms with E-state index < -0.39 is 91.0 Å². The summed E-state index contributed by atoms with van der Waals surface area (Å²) in [5, 5.41) is 60.3. The summed E-state index contributed by atoms with van der Waals surface area (Å²) in [7, 11) is 0. The Hall–Kier alpha value is -3.11. The summed E-state index contributed by atoms with van der Waals surface area (Å²) < 4.78 is 29.2. The van der Waals surface area contributed by atoms with Gasteiger partial charge in [-0.05, 0) is 55.7 Å². The van der Waals surface area contributed by atoms with Crippen molar-refractivity contribution >= 4 is 17.9 Å². The Morgan fingerprint density at radius 1 is 1.08 bits per heavy atom. The van der Waals surface area contributed by atoms with Crippen LogP contribution in [0.15, 0.2) is 36.4 Å². The zero-order valence-corrected chi connectivity index (χ0v) is 27.8. The van der Waals surface area contributed by atoms with Crippen molar-refractivity contribution in [3.63, 3.8) is 0 Å². The van der Waals surface area contributed by atoms with Crippen molar-refractivity contribution in [2.24, 2.45) is 23.2 Å². The predicted octanol–water partition coefficient (Wildman–Crippen LogP) is 0.660. The standard InChI is InChI=1S/C35H48O14/c1-4-20(37)14-26(39)46-23(13-18-5-8-21(38)9-6-18)33(44)48-25-10-7-19(16-45-34-30(42)29(41)28(40)24(15-36)47-34)27-31-22(11-12-35(25,27)3)17(2)32(43)49-31/h5-6,8-9,19-20,22-25,27-31,34,36-38,40-42H,2,4,7,10-16H2,1,3H3/t19-,20?,22-,23?,24+,25?,27+,28+,29-,30+,31?,34+,35+/m0/s1. The molecule has 1 aromatic rings. The first-order chi connectivity index (χ1) is 23.3. The highest BCUT2D eigenvalue weighted by Gasteiger charge is 2.61. The third-order valence-corrected chi connectivity index (χ3v) is 10.9. The van der Waals surface area contributed by atoms with Crippen LogP contribution in [-0.2, 0) is 44.5 Å². The average molecular weight is 693 g/mol. The Bertz CT molecular complexity index is 1350. The van der Waals surface area contributed by atoms with Gasteiger partial charge in [-0.2, -0.15) is 0 Å². The summed E-state index contributed by atoms with van der Waals surface area (Å²) in [6.45, 7) is 7.02. The minimum atomic E-state index is -1.61. The smallest absolute Gasteiger partial charge is 0.348 e. The third kappa shape index (κ3) is 7.80. The molecule has 6 N–H and O–H groups in total. The lowest BCUT2D eigenvalue weighted by Crippen LogP contribution is -2.60. The number of benzene rings is 1. The van der Waals surface area contributed by atoms with Crippen LogP contribution in [0.1, 0.15) is 57.9 Å². The monoisotopic (exact) mass is 692 g/mol. The third-order valence-electron chi connectivity index (χ3n) is 10.9. The van der Waals surface area contributed by atoms with Crippen molar-refractivity contribution in [3.8, 4) is 5.75 Å². The molecule has 0 radical (unpaired) electrons. The van der Waals surface area contributed by atoms with Crippen molar-refractivity contribution in [1.29, 1.82) is 0 Å². The summed E-state index contributed by atoms with van der Waals surface area (Å²) in [5.74, 6) is -2.95. The van der Waals surface area contributed by atoms with Gasteiger partial charge in [-0.1, -0.05) is 32.6 Å². The number of hydrogen-bond acceptors (Lipinski definition) is 14. The van der Waals surface area contributed by atoms with Crippen molar-refractivity contribution in [2.45, 2.75) is 114 Å². The lowest BCUT2D eigenvalue weighted by Gasteiger charge is -2.55. The average Bonchev–Trinajstić information content (AvgIpc) is 3.36. The lowest BCUT2D eigenvalue weighted by atomic mass is 9.52. The minimum absolute atomic E-state index is 0.00228. The second-order valence-corrected chi connectivity index (χ2v) is 14.0. The van der Waals surface area contributed by atoms with Crippen LogP contribution in [0.4, 0.5) is 0 Å². The second kappa shape index (κ2) is 15.4. The molecule has 4 aliphatic rings. The van der Waals surface area contributed by atoms with Gasteiger partial charge in [0.1, 0.15) is 42.4 Å². The zero-order valence-electron chi connectivity index (χ0n) is 27.8. The van der Waals surface area contributed by atoms with E-state index in [1.54, 1.807) is 19.1 Å². The van der Waals surface area contributed by atoms with E-state index in [0.717, 1.165) is 0 Å². The van der Waals surface area contributed by atoms with Gasteiger partial charge in [-0.3, -0.25) is 4.79 Å². The van der Waals surface area contributed by atoms with E-state index in [-0.39, 0.29) is 37.0 Å². The number of phenols is 1. The summed E-state index contributed by atoms with van der Waals surface area (Å²) in [6, 6.07) is 6.11. The number of fused-ring (bicyclic) bond motifs is 3. The van der Waals surface area contributed by atoms with E-state index in [4.69, 9.17) is 23.7 Å². The first-order valence-electron chi connectivity index (χ1n) is 16.9. The van der Waals surface area contributed by atoms with Gasteiger partial charge in [-0.25, -0.2) is 9.59 Å². The molecule has 2 heterocycles. The van der Waals surface area contributed by atoms with E-state index >= 15 is 0 Å². The van der Waals surface area contributed by atoms with Crippen LogP contribution in [0, 0.1) is 23.2 Å². The van der Waals surface area contributed by atoms with Gasteiger partial charge >= 0.3 is 17.9 Å². The van der Waals surface area contributed by atoms with Crippen LogP contribution in [0.5, 0.6) is 5.75 Å². The molecule has 272 valence electrons. The molecule has 5 rings (SSSR count). The molecule has 0 amide bonds. The quantitative estimate of drug-likeness (QED) is 0.101. The molecule has 0 bridgehead atoms. The van der Waals surface area contributed by atoms with E-state index in [0.29, 0.717) is 43.2 Å². The molecule has 14 heteroatoms. The molecule has 4 fully saturated rings. The van der Waals surface area contributed by atoms with E-state index in [1.807, 2.05) is 6.92 Å². The highest BCUT2D eigenvalue weighted by Crippen LogP contribution is 2.58. The number of ether oxygens (including phenoxy) is 5. The Labute approximate surface area is 284 Å². The summed E-state index contributed by atoms with van der Waals surface area (Å²) in [6.07, 6.45) is -8.86. The Morgan fingerprint density at radius 2 is 1.80 bits per heavy atom. The molecule has 13 atom stereocenters. The zero-order chi connectivity index (χ0) is 35.6. The van der Waals surface area contributed by atoms with Crippen LogP contribution >= 0.6 is 0 Å². The van der Waals surface area contributed by atoms with Crippen molar-refractivity contribution in [2.75, 3.05) is 13.2 Å². The summed E-state index contributed by atoms with van der Waals surface area (Å²) >= 11 is 0. The molecule has 4 unspecified atom stereocenters. The minimum Gasteiger partial charge on any atom is -0.508 e. The van der Waals surface area contributed by atoms with Crippen LogP contribution in [0.3, 0.4) is 0 Å². The van der Waals surface area contributed by atoms with Gasteiger partial charge in [0, 0.05) is 29.2 Å². The van der Waals surface area contributed by atoms with Gasteiger partial charge in [0.05, 0.1) is 25.7 Å². The number of aliphatic hydroxyl groups is 5. The lowest BCUT2D eigenvalue weighted by molar-refractivity contribution is -0.306. The highest BCUT2D eigenvalue weighted by molar-refractivity contribution is 5.91. The fourth-order valence-electron chi connectivity index (χ4n) is 7.94. The van der Waals surface area contributed by atoms with E-state index in [2.05, 4.69) is 6.58 Å². The Balaban J connectivity index is 1.36. The highest BCUT2D eigenvalue weighted by atomic mass is 16.7. The first-order valence-corrected chi connectivity index (χ1v) is 16.9. The molecular weight excluding hydrogens is 644 g/mol. The molecule has 2 saturated carbocycles. The summed E-state index contributed by atoms with van der Waals surface area (Å²) in [5.41, 5.74) is 0.239. The number of aromatic hydroxyl groups is 1. The number of rotatable bonds is 12. The number of phenolic OH excluding ortho intramolecular Hbond substituents is 1. The van der Waals surface area contributed by atoms with Crippen LogP contribution in [0.2, 0.25) is 0 Å². The van der Waals surface area contributed by atoms with Crippen molar-refractivity contribution in [3.05, 3.63) is 42.0 Å². The Kier molecular flexibility index (Phi) is 11.7. The fraction of sp³-hybridized carbons (Fsp3) is 0.686. The molecule has 0 aromatic heterocycles. The predicted molar refractivity (Wildman–Crippen MR) is 168 cm³/mol. The molecule has 2 aliphatic carbocycles. The second-order valence-electron chi connectivity index (χ2n) is 14.0. The largest absolute Gasteiger partial charge is 0.508 e. The van der Waals surface area contributed by atoms with E-state index in [9.17, 15) is 45.0 Å². The summed E-state index contributed by atoms with van der Waals surface area (Å²) in [4.78, 5) is 39.3. The maximum absolute atomic E-state index is 13.8.